The Balaban J connectivity index is 2.15. The zero-order valence-corrected chi connectivity index (χ0v) is 7.99. The maximum Gasteiger partial charge on any atom is 0.0682 e. The molecule has 1 saturated heterocycles. The van der Waals surface area contributed by atoms with E-state index in [0.717, 1.165) is 32.7 Å². The van der Waals surface area contributed by atoms with Crippen molar-refractivity contribution < 1.29 is 9.84 Å². The molecule has 0 aromatic rings. The molecule has 3 nitrogen and oxygen atoms in total. The van der Waals surface area contributed by atoms with Crippen LogP contribution >= 0.6 is 0 Å². The third-order valence-electron chi connectivity index (χ3n) is 2.41. The van der Waals surface area contributed by atoms with E-state index < -0.39 is 0 Å². The molecule has 12 heavy (non-hydrogen) atoms. The van der Waals surface area contributed by atoms with Crippen molar-refractivity contribution >= 4 is 0 Å². The smallest absolute Gasteiger partial charge is 0.0682 e. The molecule has 0 radical (unpaired) electrons. The maximum atomic E-state index is 9.34. The van der Waals surface area contributed by atoms with E-state index in [2.05, 4.69) is 11.8 Å². The number of β-amino-alcohol motifs (C(OH)–C–C–N with tert-alkyl or cyclic N) is 1. The first-order chi connectivity index (χ1) is 5.74. The van der Waals surface area contributed by atoms with Gasteiger partial charge in [0.1, 0.15) is 0 Å². The van der Waals surface area contributed by atoms with Crippen LogP contribution in [-0.2, 0) is 4.74 Å². The largest absolute Gasteiger partial charge is 0.392 e. The van der Waals surface area contributed by atoms with Crippen LogP contribution in [0.5, 0.6) is 0 Å². The quantitative estimate of drug-likeness (QED) is 0.628. The molecule has 1 N–H and O–H groups in total. The van der Waals surface area contributed by atoms with Gasteiger partial charge in [-0.1, -0.05) is 0 Å². The monoisotopic (exact) mass is 173 g/mol. The lowest BCUT2D eigenvalue weighted by atomic mass is 10.2. The molecular formula is C9H19NO2. The van der Waals surface area contributed by atoms with E-state index >= 15 is 0 Å². The highest BCUT2D eigenvalue weighted by molar-refractivity contribution is 4.81. The predicted octanol–water partition coefficient (Wildman–Crippen LogP) is 0.478. The Morgan fingerprint density at radius 3 is 2.83 bits per heavy atom. The molecule has 2 atom stereocenters. The summed E-state index contributed by atoms with van der Waals surface area (Å²) in [6.45, 7) is 7.49. The van der Waals surface area contributed by atoms with Crippen molar-refractivity contribution in [2.24, 2.45) is 0 Å². The second-order valence-electron chi connectivity index (χ2n) is 3.43. The molecular weight excluding hydrogens is 154 g/mol. The summed E-state index contributed by atoms with van der Waals surface area (Å²) >= 11 is 0. The molecule has 0 aliphatic carbocycles. The molecule has 0 aromatic heterocycles. The van der Waals surface area contributed by atoms with Gasteiger partial charge in [-0.3, -0.25) is 4.90 Å². The summed E-state index contributed by atoms with van der Waals surface area (Å²) in [7, 11) is 0. The van der Waals surface area contributed by atoms with Crippen molar-refractivity contribution in [1.82, 2.24) is 4.90 Å². The average molecular weight is 173 g/mol. The molecule has 1 rings (SSSR count). The minimum Gasteiger partial charge on any atom is -0.392 e. The molecule has 1 fully saturated rings. The summed E-state index contributed by atoms with van der Waals surface area (Å²) in [4.78, 5) is 2.28. The Labute approximate surface area is 74.3 Å². The van der Waals surface area contributed by atoms with Gasteiger partial charge in [-0.25, -0.2) is 0 Å². The summed E-state index contributed by atoms with van der Waals surface area (Å²) in [5.74, 6) is 0. The van der Waals surface area contributed by atoms with Gasteiger partial charge in [0, 0.05) is 25.7 Å². The number of nitrogens with zero attached hydrogens (tertiary/aromatic N) is 1. The van der Waals surface area contributed by atoms with Gasteiger partial charge >= 0.3 is 0 Å². The number of rotatable bonds is 4. The topological polar surface area (TPSA) is 32.7 Å². The van der Waals surface area contributed by atoms with E-state index in [9.17, 15) is 5.11 Å². The molecule has 1 heterocycles. The molecule has 1 aliphatic rings. The van der Waals surface area contributed by atoms with Crippen molar-refractivity contribution in [2.45, 2.75) is 32.4 Å². The Bertz CT molecular complexity index is 130. The van der Waals surface area contributed by atoms with Crippen LogP contribution in [0.4, 0.5) is 0 Å². The highest BCUT2D eigenvalue weighted by Crippen LogP contribution is 2.16. The van der Waals surface area contributed by atoms with E-state index in [1.165, 1.54) is 0 Å². The van der Waals surface area contributed by atoms with Crippen LogP contribution < -0.4 is 0 Å². The zero-order valence-electron chi connectivity index (χ0n) is 7.99. The Kier molecular flexibility index (Phi) is 3.98. The Morgan fingerprint density at radius 1 is 1.58 bits per heavy atom. The highest BCUT2D eigenvalue weighted by atomic mass is 16.5. The molecule has 3 heteroatoms. The zero-order chi connectivity index (χ0) is 8.97. The van der Waals surface area contributed by atoms with Gasteiger partial charge < -0.3 is 9.84 Å². The molecule has 0 aromatic carbocycles. The lowest BCUT2D eigenvalue weighted by Gasteiger charge is -2.19. The summed E-state index contributed by atoms with van der Waals surface area (Å²) < 4.78 is 5.26. The van der Waals surface area contributed by atoms with Crippen LogP contribution in [0.15, 0.2) is 0 Å². The van der Waals surface area contributed by atoms with Crippen molar-refractivity contribution in [3.05, 3.63) is 0 Å². The molecule has 0 amide bonds. The van der Waals surface area contributed by atoms with Crippen LogP contribution in [0.1, 0.15) is 20.3 Å². The van der Waals surface area contributed by atoms with E-state index in [1.54, 1.807) is 0 Å². The van der Waals surface area contributed by atoms with E-state index in [1.807, 2.05) is 6.92 Å². The number of hydrogen-bond acceptors (Lipinski definition) is 3. The lowest BCUT2D eigenvalue weighted by Crippen LogP contribution is -2.31. The van der Waals surface area contributed by atoms with Gasteiger partial charge in [0.25, 0.3) is 0 Å². The van der Waals surface area contributed by atoms with Crippen molar-refractivity contribution in [2.75, 3.05) is 26.3 Å². The van der Waals surface area contributed by atoms with Gasteiger partial charge in [-0.2, -0.15) is 0 Å². The predicted molar refractivity (Wildman–Crippen MR) is 48.2 cm³/mol. The second-order valence-corrected chi connectivity index (χ2v) is 3.43. The first kappa shape index (κ1) is 9.96. The van der Waals surface area contributed by atoms with Crippen LogP contribution in [0.25, 0.3) is 0 Å². The molecule has 72 valence electrons. The van der Waals surface area contributed by atoms with Crippen LogP contribution in [-0.4, -0.2) is 48.5 Å². The maximum absolute atomic E-state index is 9.34. The van der Waals surface area contributed by atoms with Crippen molar-refractivity contribution in [3.8, 4) is 0 Å². The highest BCUT2D eigenvalue weighted by Gasteiger charge is 2.26. The summed E-state index contributed by atoms with van der Waals surface area (Å²) in [5, 5.41) is 9.34. The third-order valence-corrected chi connectivity index (χ3v) is 2.41. The first-order valence-electron chi connectivity index (χ1n) is 4.74. The second kappa shape index (κ2) is 4.80. The van der Waals surface area contributed by atoms with Crippen molar-refractivity contribution in [3.63, 3.8) is 0 Å². The van der Waals surface area contributed by atoms with Gasteiger partial charge in [-0.05, 0) is 20.3 Å². The SMILES string of the molecule is CCOCCN1C[C@H](O)C[C@H]1C. The Hall–Kier alpha value is -0.120. The van der Waals surface area contributed by atoms with Gasteiger partial charge in [0.15, 0.2) is 0 Å². The van der Waals surface area contributed by atoms with E-state index in [4.69, 9.17) is 4.74 Å². The minimum absolute atomic E-state index is 0.123. The number of hydrogen-bond donors (Lipinski definition) is 1. The van der Waals surface area contributed by atoms with Crippen LogP contribution in [0, 0.1) is 0 Å². The lowest BCUT2D eigenvalue weighted by molar-refractivity contribution is 0.105. The standard InChI is InChI=1S/C9H19NO2/c1-3-12-5-4-10-7-9(11)6-8(10)2/h8-9,11H,3-7H2,1-2H3/t8-,9-/m1/s1. The number of likely N-dealkylation sites (tertiary alicyclic amines) is 1. The Morgan fingerprint density at radius 2 is 2.33 bits per heavy atom. The van der Waals surface area contributed by atoms with Crippen molar-refractivity contribution in [1.29, 1.82) is 0 Å². The average Bonchev–Trinajstić information content (AvgIpc) is 2.31. The molecule has 1 aliphatic heterocycles. The van der Waals surface area contributed by atoms with Gasteiger partial charge in [-0.15, -0.1) is 0 Å². The molecule has 0 spiro atoms. The first-order valence-corrected chi connectivity index (χ1v) is 4.74. The summed E-state index contributed by atoms with van der Waals surface area (Å²) in [6.07, 6.45) is 0.785. The molecule has 0 saturated carbocycles. The number of aliphatic hydroxyl groups excluding tert-OH is 1. The fourth-order valence-corrected chi connectivity index (χ4v) is 1.71. The summed E-state index contributed by atoms with van der Waals surface area (Å²) in [6, 6.07) is 0.514. The fourth-order valence-electron chi connectivity index (χ4n) is 1.71. The fraction of sp³-hybridized carbons (Fsp3) is 1.00. The minimum atomic E-state index is -0.123. The van der Waals surface area contributed by atoms with Gasteiger partial charge in [0.2, 0.25) is 0 Å². The number of aliphatic hydroxyl groups is 1. The summed E-state index contributed by atoms with van der Waals surface area (Å²) in [5.41, 5.74) is 0. The van der Waals surface area contributed by atoms with Crippen LogP contribution in [0.2, 0.25) is 0 Å². The third kappa shape index (κ3) is 2.73. The van der Waals surface area contributed by atoms with Gasteiger partial charge in [0.05, 0.1) is 12.7 Å². The molecule has 0 bridgehead atoms. The van der Waals surface area contributed by atoms with Crippen LogP contribution in [0.3, 0.4) is 0 Å². The van der Waals surface area contributed by atoms with E-state index in [-0.39, 0.29) is 6.10 Å². The molecule has 0 unspecified atom stereocenters. The normalized spacial score (nSPS) is 31.2. The number of ether oxygens (including phenoxy) is 1. The van der Waals surface area contributed by atoms with E-state index in [0.29, 0.717) is 6.04 Å².